The molecular formula is C15H16N2O4S. The van der Waals surface area contributed by atoms with Crippen molar-refractivity contribution >= 4 is 23.7 Å². The largest absolute Gasteiger partial charge is 0.465 e. The third-order valence-electron chi connectivity index (χ3n) is 3.47. The summed E-state index contributed by atoms with van der Waals surface area (Å²) in [5, 5.41) is 18.5. The van der Waals surface area contributed by atoms with Crippen LogP contribution in [-0.2, 0) is 19.1 Å². The summed E-state index contributed by atoms with van der Waals surface area (Å²) in [5.41, 5.74) is 0.496. The molecule has 1 atom stereocenters. The quantitative estimate of drug-likeness (QED) is 0.444. The minimum absolute atomic E-state index is 0.0429. The summed E-state index contributed by atoms with van der Waals surface area (Å²) >= 11 is 1.26. The highest BCUT2D eigenvalue weighted by atomic mass is 32.2. The van der Waals surface area contributed by atoms with Gasteiger partial charge in [0.15, 0.2) is 0 Å². The summed E-state index contributed by atoms with van der Waals surface area (Å²) in [7, 11) is 2.42. The van der Waals surface area contributed by atoms with Crippen LogP contribution in [0.15, 0.2) is 21.6 Å². The Morgan fingerprint density at radius 1 is 1.18 bits per heavy atom. The van der Waals surface area contributed by atoms with Gasteiger partial charge in [0, 0.05) is 10.8 Å². The van der Waals surface area contributed by atoms with Crippen molar-refractivity contribution in [2.24, 2.45) is 5.92 Å². The number of ether oxygens (including phenoxy) is 2. The number of esters is 2. The first-order valence-corrected chi connectivity index (χ1v) is 7.76. The van der Waals surface area contributed by atoms with Crippen molar-refractivity contribution in [3.63, 3.8) is 0 Å². The van der Waals surface area contributed by atoms with Gasteiger partial charge in [-0.05, 0) is 31.1 Å². The zero-order valence-electron chi connectivity index (χ0n) is 12.6. The van der Waals surface area contributed by atoms with Crippen LogP contribution >= 0.6 is 11.8 Å². The van der Waals surface area contributed by atoms with Gasteiger partial charge in [-0.25, -0.2) is 9.59 Å². The van der Waals surface area contributed by atoms with Crippen LogP contribution in [0.1, 0.15) is 19.3 Å². The summed E-state index contributed by atoms with van der Waals surface area (Å²) in [4.78, 5) is 24.0. The van der Waals surface area contributed by atoms with Crippen molar-refractivity contribution in [2.75, 3.05) is 20.5 Å². The van der Waals surface area contributed by atoms with Gasteiger partial charge in [-0.15, -0.1) is 11.8 Å². The van der Waals surface area contributed by atoms with E-state index in [0.29, 0.717) is 23.3 Å². The van der Waals surface area contributed by atoms with E-state index >= 15 is 0 Å². The van der Waals surface area contributed by atoms with E-state index in [9.17, 15) is 20.1 Å². The fourth-order valence-electron chi connectivity index (χ4n) is 2.51. The number of thioether (sulfide) groups is 1. The maximum atomic E-state index is 11.7. The van der Waals surface area contributed by atoms with Gasteiger partial charge in [-0.2, -0.15) is 10.5 Å². The number of carbonyl (C=O) groups is 2. The molecule has 0 aromatic rings. The molecule has 1 aliphatic rings. The highest BCUT2D eigenvalue weighted by Gasteiger charge is 2.33. The van der Waals surface area contributed by atoms with Crippen LogP contribution in [0.2, 0.25) is 0 Å². The normalized spacial score (nSPS) is 20.3. The highest BCUT2D eigenvalue weighted by molar-refractivity contribution is 8.02. The lowest BCUT2D eigenvalue weighted by Gasteiger charge is -2.17. The number of nitriles is 2. The van der Waals surface area contributed by atoms with Crippen LogP contribution < -0.4 is 0 Å². The second kappa shape index (κ2) is 8.26. The molecule has 1 fully saturated rings. The van der Waals surface area contributed by atoms with Gasteiger partial charge >= 0.3 is 11.9 Å². The summed E-state index contributed by atoms with van der Waals surface area (Å²) in [6.07, 6.45) is 3.74. The first-order valence-electron chi connectivity index (χ1n) is 6.53. The highest BCUT2D eigenvalue weighted by Crippen LogP contribution is 2.43. The molecule has 1 rings (SSSR count). The molecule has 0 saturated heterocycles. The summed E-state index contributed by atoms with van der Waals surface area (Å²) < 4.78 is 9.26. The number of methoxy groups -OCH3 is 2. The van der Waals surface area contributed by atoms with E-state index < -0.39 is 11.9 Å². The minimum Gasteiger partial charge on any atom is -0.465 e. The Morgan fingerprint density at radius 2 is 1.82 bits per heavy atom. The second-order valence-corrected chi connectivity index (χ2v) is 5.34. The summed E-state index contributed by atoms with van der Waals surface area (Å²) in [6, 6.07) is 3.74. The van der Waals surface area contributed by atoms with Crippen LogP contribution in [0.3, 0.4) is 0 Å². The average Bonchev–Trinajstić information content (AvgIpc) is 3.01. The molecule has 0 aromatic heterocycles. The molecule has 116 valence electrons. The van der Waals surface area contributed by atoms with Gasteiger partial charge in [-0.3, -0.25) is 0 Å². The predicted octanol–water partition coefficient (Wildman–Crippen LogP) is 2.09. The molecule has 0 radical (unpaired) electrons. The van der Waals surface area contributed by atoms with Gasteiger partial charge in [-0.1, -0.05) is 0 Å². The van der Waals surface area contributed by atoms with Crippen molar-refractivity contribution in [3.8, 4) is 12.1 Å². The Labute approximate surface area is 133 Å². The molecule has 1 aliphatic carbocycles. The predicted molar refractivity (Wildman–Crippen MR) is 80.2 cm³/mol. The lowest BCUT2D eigenvalue weighted by Crippen LogP contribution is -2.13. The molecule has 0 spiro atoms. The molecular weight excluding hydrogens is 304 g/mol. The van der Waals surface area contributed by atoms with Crippen LogP contribution in [0.4, 0.5) is 0 Å². The minimum atomic E-state index is -0.713. The lowest BCUT2D eigenvalue weighted by atomic mass is 9.95. The Kier molecular flexibility index (Phi) is 6.68. The monoisotopic (exact) mass is 320 g/mol. The standard InChI is InChI=1S/C15H16N2O4S/c1-20-14(18)11(7-16)9-5-4-6-10(9)13(22-3)12(8-17)15(19)21-2/h10H,4-6H2,1-3H3/b11-9+,13-12+/t10-/m0/s1. The molecule has 0 aliphatic heterocycles. The average molecular weight is 320 g/mol. The van der Waals surface area contributed by atoms with Gasteiger partial charge in [0.25, 0.3) is 0 Å². The third-order valence-corrected chi connectivity index (χ3v) is 4.39. The van der Waals surface area contributed by atoms with Gasteiger partial charge in [0.2, 0.25) is 0 Å². The molecule has 22 heavy (non-hydrogen) atoms. The molecule has 1 saturated carbocycles. The third kappa shape index (κ3) is 3.49. The first-order chi connectivity index (χ1) is 10.5. The molecule has 7 heteroatoms. The number of hydrogen-bond donors (Lipinski definition) is 0. The van der Waals surface area contributed by atoms with Crippen molar-refractivity contribution in [3.05, 3.63) is 21.6 Å². The number of rotatable bonds is 4. The maximum Gasteiger partial charge on any atom is 0.349 e. The second-order valence-electron chi connectivity index (χ2n) is 4.50. The van der Waals surface area contributed by atoms with E-state index in [1.54, 1.807) is 6.26 Å². The van der Waals surface area contributed by atoms with E-state index in [1.165, 1.54) is 26.0 Å². The van der Waals surface area contributed by atoms with E-state index in [4.69, 9.17) is 0 Å². The SMILES string of the molecule is COC(=O)/C(C#N)=C1\CCC[C@@H]1/C(SC)=C(/C#N)C(=O)OC. The molecule has 0 aromatic carbocycles. The molecule has 6 nitrogen and oxygen atoms in total. The summed E-state index contributed by atoms with van der Waals surface area (Å²) in [5.74, 6) is -1.71. The number of carbonyl (C=O) groups excluding carboxylic acids is 2. The lowest BCUT2D eigenvalue weighted by molar-refractivity contribution is -0.136. The van der Waals surface area contributed by atoms with E-state index in [2.05, 4.69) is 9.47 Å². The maximum absolute atomic E-state index is 11.7. The van der Waals surface area contributed by atoms with E-state index in [0.717, 1.165) is 6.42 Å². The van der Waals surface area contributed by atoms with Crippen molar-refractivity contribution in [1.82, 2.24) is 0 Å². The number of allylic oxidation sites excluding steroid dienone is 2. The fraction of sp³-hybridized carbons (Fsp3) is 0.467. The van der Waals surface area contributed by atoms with Gasteiger partial charge in [0.1, 0.15) is 23.3 Å². The Balaban J connectivity index is 3.45. The Bertz CT molecular complexity index is 622. The van der Waals surface area contributed by atoms with Crippen molar-refractivity contribution in [1.29, 1.82) is 10.5 Å². The van der Waals surface area contributed by atoms with E-state index in [-0.39, 0.29) is 17.1 Å². The van der Waals surface area contributed by atoms with Crippen molar-refractivity contribution < 1.29 is 19.1 Å². The smallest absolute Gasteiger partial charge is 0.349 e. The van der Waals surface area contributed by atoms with Crippen LogP contribution in [0.5, 0.6) is 0 Å². The Hall–Kier alpha value is -2.25. The molecule has 0 bridgehead atoms. The molecule has 0 unspecified atom stereocenters. The number of hydrogen-bond acceptors (Lipinski definition) is 7. The van der Waals surface area contributed by atoms with Gasteiger partial charge in [0.05, 0.1) is 14.2 Å². The first kappa shape index (κ1) is 17.8. The zero-order chi connectivity index (χ0) is 16.7. The van der Waals surface area contributed by atoms with Gasteiger partial charge < -0.3 is 9.47 Å². The molecule has 0 heterocycles. The van der Waals surface area contributed by atoms with Crippen LogP contribution in [-0.4, -0.2) is 32.4 Å². The van der Waals surface area contributed by atoms with Crippen LogP contribution in [0, 0.1) is 28.6 Å². The van der Waals surface area contributed by atoms with Crippen LogP contribution in [0.25, 0.3) is 0 Å². The molecule has 0 amide bonds. The Morgan fingerprint density at radius 3 is 2.27 bits per heavy atom. The molecule has 0 N–H and O–H groups in total. The van der Waals surface area contributed by atoms with Crippen molar-refractivity contribution in [2.45, 2.75) is 19.3 Å². The summed E-state index contributed by atoms with van der Waals surface area (Å²) in [6.45, 7) is 0. The van der Waals surface area contributed by atoms with E-state index in [1.807, 2.05) is 12.1 Å². The zero-order valence-corrected chi connectivity index (χ0v) is 13.5. The fourth-order valence-corrected chi connectivity index (χ4v) is 3.38. The topological polar surface area (TPSA) is 100 Å². The number of nitrogens with zero attached hydrogens (tertiary/aromatic N) is 2.